The van der Waals surface area contributed by atoms with Crippen LogP contribution in [0.3, 0.4) is 0 Å². The van der Waals surface area contributed by atoms with Crippen molar-refractivity contribution in [2.24, 2.45) is 17.7 Å². The fraction of sp³-hybridized carbons (Fsp3) is 1.00. The highest BCUT2D eigenvalue weighted by atomic mass is 16.7. The minimum absolute atomic E-state index is 0.113. The van der Waals surface area contributed by atoms with Crippen LogP contribution in [0.5, 0.6) is 0 Å². The van der Waals surface area contributed by atoms with Gasteiger partial charge in [0.05, 0.1) is 6.04 Å². The summed E-state index contributed by atoms with van der Waals surface area (Å²) in [4.78, 5) is 0. The first-order valence-corrected chi connectivity index (χ1v) is 6.92. The first kappa shape index (κ1) is 14.9. The molecule has 1 fully saturated rings. The first-order chi connectivity index (χ1) is 8.22. The fourth-order valence-electron chi connectivity index (χ4n) is 2.67. The molecule has 102 valence electrons. The Kier molecular flexibility index (Phi) is 7.04. The predicted octanol–water partition coefficient (Wildman–Crippen LogP) is 2.04. The lowest BCUT2D eigenvalue weighted by atomic mass is 9.79. The van der Waals surface area contributed by atoms with Crippen LogP contribution in [0.4, 0.5) is 0 Å². The zero-order valence-corrected chi connectivity index (χ0v) is 11.4. The molecule has 1 aliphatic carbocycles. The molecule has 0 aromatic rings. The standard InChI is InChI=1S/C13H28N2O2/c1-4-16-13(17-5-2)12(15-14)11-8-6-10(3)7-9-11/h10-13,15H,4-9,14H2,1-3H3. The van der Waals surface area contributed by atoms with Crippen molar-refractivity contribution >= 4 is 0 Å². The Labute approximate surface area is 105 Å². The van der Waals surface area contributed by atoms with Gasteiger partial charge in [-0.05, 0) is 38.5 Å². The third kappa shape index (κ3) is 4.54. The molecule has 3 N–H and O–H groups in total. The van der Waals surface area contributed by atoms with Gasteiger partial charge in [-0.3, -0.25) is 11.3 Å². The molecule has 0 saturated heterocycles. The van der Waals surface area contributed by atoms with Crippen molar-refractivity contribution in [2.75, 3.05) is 13.2 Å². The smallest absolute Gasteiger partial charge is 0.174 e. The summed E-state index contributed by atoms with van der Waals surface area (Å²) in [7, 11) is 0. The van der Waals surface area contributed by atoms with Crippen LogP contribution in [-0.2, 0) is 9.47 Å². The number of nitrogens with two attached hydrogens (primary N) is 1. The molecule has 1 unspecified atom stereocenters. The maximum Gasteiger partial charge on any atom is 0.174 e. The summed E-state index contributed by atoms with van der Waals surface area (Å²) >= 11 is 0. The van der Waals surface area contributed by atoms with E-state index in [0.29, 0.717) is 19.1 Å². The van der Waals surface area contributed by atoms with Crippen molar-refractivity contribution in [1.82, 2.24) is 5.43 Å². The molecule has 1 aliphatic rings. The minimum atomic E-state index is -0.214. The Morgan fingerprint density at radius 3 is 2.06 bits per heavy atom. The Morgan fingerprint density at radius 1 is 1.12 bits per heavy atom. The molecule has 0 amide bonds. The van der Waals surface area contributed by atoms with Crippen LogP contribution < -0.4 is 11.3 Å². The second-order valence-corrected chi connectivity index (χ2v) is 4.99. The number of hydrogen-bond donors (Lipinski definition) is 2. The molecule has 0 aromatic heterocycles. The molecule has 1 rings (SSSR count). The maximum absolute atomic E-state index is 5.69. The monoisotopic (exact) mass is 244 g/mol. The second kappa shape index (κ2) is 8.03. The SMILES string of the molecule is CCOC(OCC)C(NN)C1CCC(C)CC1. The van der Waals surface area contributed by atoms with Gasteiger partial charge >= 0.3 is 0 Å². The molecule has 0 aliphatic heterocycles. The van der Waals surface area contributed by atoms with E-state index < -0.39 is 0 Å². The molecule has 0 radical (unpaired) electrons. The lowest BCUT2D eigenvalue weighted by molar-refractivity contribution is -0.165. The van der Waals surface area contributed by atoms with Crippen molar-refractivity contribution in [3.63, 3.8) is 0 Å². The Balaban J connectivity index is 2.54. The average molecular weight is 244 g/mol. The highest BCUT2D eigenvalue weighted by Crippen LogP contribution is 2.31. The predicted molar refractivity (Wildman–Crippen MR) is 69.3 cm³/mol. The molecule has 17 heavy (non-hydrogen) atoms. The first-order valence-electron chi connectivity index (χ1n) is 6.92. The Hall–Kier alpha value is -0.160. The Bertz CT molecular complexity index is 188. The summed E-state index contributed by atoms with van der Waals surface area (Å²) < 4.78 is 11.3. The Morgan fingerprint density at radius 2 is 1.65 bits per heavy atom. The summed E-state index contributed by atoms with van der Waals surface area (Å²) in [6, 6.07) is 0.113. The van der Waals surface area contributed by atoms with Crippen LogP contribution in [0.1, 0.15) is 46.5 Å². The summed E-state index contributed by atoms with van der Waals surface area (Å²) in [5.41, 5.74) is 2.91. The van der Waals surface area contributed by atoms with Gasteiger partial charge < -0.3 is 9.47 Å². The number of nitrogens with one attached hydrogen (secondary N) is 1. The lowest BCUT2D eigenvalue weighted by Crippen LogP contribution is -2.51. The van der Waals surface area contributed by atoms with Crippen LogP contribution in [0, 0.1) is 11.8 Å². The van der Waals surface area contributed by atoms with Crippen LogP contribution >= 0.6 is 0 Å². The summed E-state index contributed by atoms with van der Waals surface area (Å²) in [5, 5.41) is 0. The molecule has 0 heterocycles. The van der Waals surface area contributed by atoms with Gasteiger partial charge in [0, 0.05) is 13.2 Å². The molecule has 1 saturated carbocycles. The third-order valence-electron chi connectivity index (χ3n) is 3.72. The van der Waals surface area contributed by atoms with Crippen molar-refractivity contribution in [3.05, 3.63) is 0 Å². The average Bonchev–Trinajstić information content (AvgIpc) is 2.33. The molecule has 4 nitrogen and oxygen atoms in total. The van der Waals surface area contributed by atoms with Crippen molar-refractivity contribution in [2.45, 2.75) is 58.8 Å². The van der Waals surface area contributed by atoms with E-state index >= 15 is 0 Å². The van der Waals surface area contributed by atoms with Gasteiger partial charge in [0.25, 0.3) is 0 Å². The molecular weight excluding hydrogens is 216 g/mol. The van der Waals surface area contributed by atoms with Crippen molar-refractivity contribution in [3.8, 4) is 0 Å². The second-order valence-electron chi connectivity index (χ2n) is 4.99. The number of hydrazine groups is 1. The highest BCUT2D eigenvalue weighted by Gasteiger charge is 2.32. The van der Waals surface area contributed by atoms with E-state index in [4.69, 9.17) is 15.3 Å². The van der Waals surface area contributed by atoms with Gasteiger partial charge in [-0.1, -0.05) is 19.8 Å². The molecular formula is C13H28N2O2. The van der Waals surface area contributed by atoms with E-state index in [2.05, 4.69) is 12.3 Å². The number of rotatable bonds is 7. The largest absolute Gasteiger partial charge is 0.351 e. The molecule has 0 aromatic carbocycles. The molecule has 0 bridgehead atoms. The lowest BCUT2D eigenvalue weighted by Gasteiger charge is -2.36. The van der Waals surface area contributed by atoms with Crippen molar-refractivity contribution < 1.29 is 9.47 Å². The highest BCUT2D eigenvalue weighted by molar-refractivity contribution is 4.82. The summed E-state index contributed by atoms with van der Waals surface area (Å²) in [6.07, 6.45) is 4.79. The molecule has 4 heteroatoms. The van der Waals surface area contributed by atoms with E-state index in [1.165, 1.54) is 25.7 Å². The van der Waals surface area contributed by atoms with Gasteiger partial charge in [0.1, 0.15) is 0 Å². The minimum Gasteiger partial charge on any atom is -0.351 e. The quantitative estimate of drug-likeness (QED) is 0.409. The van der Waals surface area contributed by atoms with Gasteiger partial charge in [-0.15, -0.1) is 0 Å². The van der Waals surface area contributed by atoms with Crippen LogP contribution in [-0.4, -0.2) is 25.5 Å². The van der Waals surface area contributed by atoms with Gasteiger partial charge in [-0.2, -0.15) is 0 Å². The molecule has 1 atom stereocenters. The van der Waals surface area contributed by atoms with E-state index in [9.17, 15) is 0 Å². The van der Waals surface area contributed by atoms with Gasteiger partial charge in [-0.25, -0.2) is 0 Å². The number of hydrogen-bond acceptors (Lipinski definition) is 4. The van der Waals surface area contributed by atoms with Gasteiger partial charge in [0.15, 0.2) is 6.29 Å². The molecule has 0 spiro atoms. The van der Waals surface area contributed by atoms with Crippen LogP contribution in [0.15, 0.2) is 0 Å². The van der Waals surface area contributed by atoms with E-state index in [0.717, 1.165) is 5.92 Å². The van der Waals surface area contributed by atoms with Gasteiger partial charge in [0.2, 0.25) is 0 Å². The normalized spacial score (nSPS) is 27.4. The zero-order valence-electron chi connectivity index (χ0n) is 11.4. The number of ether oxygens (including phenoxy) is 2. The van der Waals surface area contributed by atoms with E-state index in [1.54, 1.807) is 0 Å². The zero-order chi connectivity index (χ0) is 12.7. The van der Waals surface area contributed by atoms with E-state index in [1.807, 2.05) is 13.8 Å². The van der Waals surface area contributed by atoms with Crippen LogP contribution in [0.2, 0.25) is 0 Å². The fourth-order valence-corrected chi connectivity index (χ4v) is 2.67. The summed E-state index contributed by atoms with van der Waals surface area (Å²) in [6.45, 7) is 7.62. The van der Waals surface area contributed by atoms with Crippen molar-refractivity contribution in [1.29, 1.82) is 0 Å². The van der Waals surface area contributed by atoms with E-state index in [-0.39, 0.29) is 12.3 Å². The van der Waals surface area contributed by atoms with Crippen LogP contribution in [0.25, 0.3) is 0 Å². The maximum atomic E-state index is 5.69. The topological polar surface area (TPSA) is 56.5 Å². The summed E-state index contributed by atoms with van der Waals surface area (Å²) in [5.74, 6) is 7.11. The third-order valence-corrected chi connectivity index (χ3v) is 3.72.